The molecule has 1 aromatic rings. The maximum atomic E-state index is 12.1. The molecule has 1 fully saturated rings. The van der Waals surface area contributed by atoms with Gasteiger partial charge in [0.1, 0.15) is 5.75 Å². The smallest absolute Gasteiger partial charge is 0.387 e. The third-order valence-electron chi connectivity index (χ3n) is 3.69. The topological polar surface area (TPSA) is 21.3 Å². The second-order valence-corrected chi connectivity index (χ2v) is 7.13. The van der Waals surface area contributed by atoms with Gasteiger partial charge in [-0.2, -0.15) is 20.5 Å². The van der Waals surface area contributed by atoms with Crippen LogP contribution in [0.4, 0.5) is 8.78 Å². The van der Waals surface area contributed by atoms with Crippen molar-refractivity contribution in [2.75, 3.05) is 12.3 Å². The molecule has 1 aliphatic rings. The standard InChI is InChI=1S/C15H21F2NOS/c1-11(18-10-15(2)8-3-9-20-15)12-4-6-13(7-5-12)19-14(16)17/h4-7,11,14,18H,3,8-10H2,1-2H3. The highest BCUT2D eigenvalue weighted by Gasteiger charge is 2.29. The van der Waals surface area contributed by atoms with Gasteiger partial charge in [0.2, 0.25) is 0 Å². The van der Waals surface area contributed by atoms with E-state index in [2.05, 4.69) is 23.9 Å². The highest BCUT2D eigenvalue weighted by Crippen LogP contribution is 2.37. The molecular weight excluding hydrogens is 280 g/mol. The summed E-state index contributed by atoms with van der Waals surface area (Å²) in [6.07, 6.45) is 2.54. The summed E-state index contributed by atoms with van der Waals surface area (Å²) < 4.78 is 28.8. The monoisotopic (exact) mass is 301 g/mol. The summed E-state index contributed by atoms with van der Waals surface area (Å²) in [6.45, 7) is 2.58. The van der Waals surface area contributed by atoms with Crippen LogP contribution in [0, 0.1) is 0 Å². The molecule has 1 N–H and O–H groups in total. The van der Waals surface area contributed by atoms with Crippen LogP contribution in [0.3, 0.4) is 0 Å². The number of nitrogens with one attached hydrogen (secondary N) is 1. The lowest BCUT2D eigenvalue weighted by molar-refractivity contribution is -0.0498. The van der Waals surface area contributed by atoms with Crippen molar-refractivity contribution in [3.05, 3.63) is 29.8 Å². The number of halogens is 2. The van der Waals surface area contributed by atoms with Crippen molar-refractivity contribution in [2.45, 2.75) is 44.1 Å². The molecule has 0 amide bonds. The summed E-state index contributed by atoms with van der Waals surface area (Å²) in [5.41, 5.74) is 1.08. The van der Waals surface area contributed by atoms with Crippen LogP contribution in [0.15, 0.2) is 24.3 Å². The molecule has 20 heavy (non-hydrogen) atoms. The molecule has 5 heteroatoms. The van der Waals surface area contributed by atoms with Crippen molar-refractivity contribution in [3.63, 3.8) is 0 Å². The van der Waals surface area contributed by atoms with Crippen LogP contribution < -0.4 is 10.1 Å². The molecule has 0 saturated carbocycles. The molecule has 112 valence electrons. The number of alkyl halides is 2. The Labute approximate surface area is 123 Å². The first kappa shape index (κ1) is 15.6. The van der Waals surface area contributed by atoms with E-state index >= 15 is 0 Å². The lowest BCUT2D eigenvalue weighted by Gasteiger charge is -2.26. The van der Waals surface area contributed by atoms with Crippen molar-refractivity contribution in [3.8, 4) is 5.75 Å². The van der Waals surface area contributed by atoms with Crippen molar-refractivity contribution in [1.29, 1.82) is 0 Å². The zero-order chi connectivity index (χ0) is 14.6. The third-order valence-corrected chi connectivity index (χ3v) is 5.23. The van der Waals surface area contributed by atoms with Crippen LogP contribution in [-0.2, 0) is 0 Å². The van der Waals surface area contributed by atoms with Crippen LogP contribution in [0.1, 0.15) is 38.3 Å². The van der Waals surface area contributed by atoms with Crippen LogP contribution in [0.5, 0.6) is 5.75 Å². The summed E-state index contributed by atoms with van der Waals surface area (Å²) in [7, 11) is 0. The average molecular weight is 301 g/mol. The molecule has 0 radical (unpaired) electrons. The first-order chi connectivity index (χ1) is 9.48. The van der Waals surface area contributed by atoms with Crippen molar-refractivity contribution in [2.24, 2.45) is 0 Å². The van der Waals surface area contributed by atoms with E-state index in [1.807, 2.05) is 23.9 Å². The molecule has 0 aromatic heterocycles. The van der Waals surface area contributed by atoms with Gasteiger partial charge < -0.3 is 10.1 Å². The Kier molecular flexibility index (Phi) is 5.27. The van der Waals surface area contributed by atoms with Crippen molar-refractivity contribution < 1.29 is 13.5 Å². The van der Waals surface area contributed by atoms with E-state index in [0.717, 1.165) is 12.1 Å². The summed E-state index contributed by atoms with van der Waals surface area (Å²) in [5.74, 6) is 1.45. The zero-order valence-electron chi connectivity index (χ0n) is 11.9. The summed E-state index contributed by atoms with van der Waals surface area (Å²) in [4.78, 5) is 0. The zero-order valence-corrected chi connectivity index (χ0v) is 12.7. The van der Waals surface area contributed by atoms with Crippen LogP contribution >= 0.6 is 11.8 Å². The minimum atomic E-state index is -2.77. The van der Waals surface area contributed by atoms with Crippen LogP contribution in [0.25, 0.3) is 0 Å². The number of ether oxygens (including phenoxy) is 1. The Morgan fingerprint density at radius 2 is 2.05 bits per heavy atom. The molecule has 1 aliphatic heterocycles. The first-order valence-corrected chi connectivity index (χ1v) is 7.89. The van der Waals surface area contributed by atoms with E-state index in [1.165, 1.54) is 18.6 Å². The van der Waals surface area contributed by atoms with E-state index in [4.69, 9.17) is 0 Å². The number of thioether (sulfide) groups is 1. The predicted octanol–water partition coefficient (Wildman–Crippen LogP) is 4.22. The van der Waals surface area contributed by atoms with Gasteiger partial charge in [-0.25, -0.2) is 0 Å². The van der Waals surface area contributed by atoms with Crippen molar-refractivity contribution in [1.82, 2.24) is 5.32 Å². The molecule has 1 heterocycles. The van der Waals surface area contributed by atoms with E-state index < -0.39 is 6.61 Å². The predicted molar refractivity (Wildman–Crippen MR) is 79.6 cm³/mol. The molecule has 2 unspecified atom stereocenters. The minimum Gasteiger partial charge on any atom is -0.435 e. The molecule has 0 spiro atoms. The second kappa shape index (κ2) is 6.76. The Balaban J connectivity index is 1.87. The minimum absolute atomic E-state index is 0.202. The second-order valence-electron chi connectivity index (χ2n) is 5.45. The highest BCUT2D eigenvalue weighted by atomic mass is 32.2. The fourth-order valence-electron chi connectivity index (χ4n) is 2.40. The Morgan fingerprint density at radius 1 is 1.35 bits per heavy atom. The normalized spacial score (nSPS) is 24.1. The SMILES string of the molecule is CC(NCC1(C)CCCS1)c1ccc(OC(F)F)cc1. The molecule has 0 aliphatic carbocycles. The van der Waals surface area contributed by atoms with Gasteiger partial charge in [-0.1, -0.05) is 12.1 Å². The lowest BCUT2D eigenvalue weighted by Crippen LogP contribution is -2.34. The molecule has 2 nitrogen and oxygen atoms in total. The average Bonchev–Trinajstić information content (AvgIpc) is 2.84. The van der Waals surface area contributed by atoms with E-state index in [0.29, 0.717) is 4.75 Å². The summed E-state index contributed by atoms with van der Waals surface area (Å²) in [5, 5.41) is 3.53. The number of rotatable bonds is 6. The van der Waals surface area contributed by atoms with Crippen molar-refractivity contribution >= 4 is 11.8 Å². The van der Waals surface area contributed by atoms with E-state index in [9.17, 15) is 8.78 Å². The van der Waals surface area contributed by atoms with Gasteiger partial charge in [-0.3, -0.25) is 0 Å². The van der Waals surface area contributed by atoms with Gasteiger partial charge in [0.25, 0.3) is 0 Å². The van der Waals surface area contributed by atoms with Gasteiger partial charge in [-0.05, 0) is 50.1 Å². The highest BCUT2D eigenvalue weighted by molar-refractivity contribution is 8.00. The first-order valence-electron chi connectivity index (χ1n) is 6.91. The quantitative estimate of drug-likeness (QED) is 0.850. The van der Waals surface area contributed by atoms with Crippen LogP contribution in [0.2, 0.25) is 0 Å². The summed E-state index contributed by atoms with van der Waals surface area (Å²) in [6, 6.07) is 7.05. The van der Waals surface area contributed by atoms with Gasteiger partial charge in [0.05, 0.1) is 0 Å². The largest absolute Gasteiger partial charge is 0.435 e. The molecule has 2 atom stereocenters. The van der Waals surface area contributed by atoms with Crippen LogP contribution in [-0.4, -0.2) is 23.7 Å². The van der Waals surface area contributed by atoms with Gasteiger partial charge in [-0.15, -0.1) is 0 Å². The fourth-order valence-corrected chi connectivity index (χ4v) is 3.66. The lowest BCUT2D eigenvalue weighted by atomic mass is 10.0. The van der Waals surface area contributed by atoms with E-state index in [1.54, 1.807) is 12.1 Å². The fraction of sp³-hybridized carbons (Fsp3) is 0.600. The summed E-state index contributed by atoms with van der Waals surface area (Å²) >= 11 is 2.03. The van der Waals surface area contributed by atoms with Gasteiger partial charge >= 0.3 is 6.61 Å². The molecule has 0 bridgehead atoms. The Bertz CT molecular complexity index is 418. The number of hydrogen-bond acceptors (Lipinski definition) is 3. The molecule has 1 aromatic carbocycles. The number of benzene rings is 1. The van der Waals surface area contributed by atoms with Gasteiger partial charge in [0, 0.05) is 17.3 Å². The Morgan fingerprint density at radius 3 is 2.60 bits per heavy atom. The number of hydrogen-bond donors (Lipinski definition) is 1. The van der Waals surface area contributed by atoms with E-state index in [-0.39, 0.29) is 11.8 Å². The Hall–Kier alpha value is -0.810. The third kappa shape index (κ3) is 4.35. The maximum absolute atomic E-state index is 12.1. The maximum Gasteiger partial charge on any atom is 0.387 e. The van der Waals surface area contributed by atoms with Gasteiger partial charge in [0.15, 0.2) is 0 Å². The molecular formula is C15H21F2NOS. The molecule has 2 rings (SSSR count). The molecule has 1 saturated heterocycles.